The summed E-state index contributed by atoms with van der Waals surface area (Å²) in [6, 6.07) is 14.0. The molecule has 1 heterocycles. The third-order valence-electron chi connectivity index (χ3n) is 4.07. The van der Waals surface area contributed by atoms with Crippen molar-refractivity contribution >= 4 is 23.2 Å². The Hall–Kier alpha value is -3.13. The highest BCUT2D eigenvalue weighted by atomic mass is 16.2. The number of nitrogens with one attached hydrogen (secondary N) is 1. The lowest BCUT2D eigenvalue weighted by Crippen LogP contribution is -2.35. The van der Waals surface area contributed by atoms with E-state index in [1.165, 1.54) is 4.90 Å². The molecule has 120 valence electrons. The summed E-state index contributed by atoms with van der Waals surface area (Å²) in [4.78, 5) is 26.3. The summed E-state index contributed by atoms with van der Waals surface area (Å²) in [5.41, 5.74) is 3.76. The van der Waals surface area contributed by atoms with Crippen LogP contribution in [0.4, 0.5) is 11.4 Å². The molecule has 2 aromatic carbocycles. The van der Waals surface area contributed by atoms with Gasteiger partial charge in [-0.15, -0.1) is 0 Å². The topological polar surface area (TPSA) is 73.2 Å². The van der Waals surface area contributed by atoms with Crippen molar-refractivity contribution in [3.05, 3.63) is 59.2 Å². The van der Waals surface area contributed by atoms with Crippen LogP contribution in [0.5, 0.6) is 0 Å². The first-order valence-electron chi connectivity index (χ1n) is 7.70. The molecule has 2 amide bonds. The number of hydrogen-bond acceptors (Lipinski definition) is 4. The molecule has 0 spiro atoms. The number of carbonyl (C=O) groups excluding carboxylic acids is 2. The van der Waals surface area contributed by atoms with Crippen LogP contribution in [0, 0.1) is 25.2 Å². The van der Waals surface area contributed by atoms with Crippen LogP contribution < -0.4 is 10.2 Å². The highest BCUT2D eigenvalue weighted by Crippen LogP contribution is 2.28. The number of imide groups is 1. The average Bonchev–Trinajstić information content (AvgIpc) is 2.82. The van der Waals surface area contributed by atoms with Crippen LogP contribution >= 0.6 is 0 Å². The lowest BCUT2D eigenvalue weighted by atomic mass is 10.1. The molecule has 0 aromatic heterocycles. The van der Waals surface area contributed by atoms with Crippen LogP contribution in [0.25, 0.3) is 0 Å². The predicted octanol–water partition coefficient (Wildman–Crippen LogP) is 2.92. The van der Waals surface area contributed by atoms with Crippen molar-refractivity contribution in [2.24, 2.45) is 0 Å². The SMILES string of the molecule is Cc1ccc(N2C(=O)CC(Nc3cccc(C#N)c3)C2=O)c(C)c1. The molecule has 1 N–H and O–H groups in total. The molecule has 1 aliphatic heterocycles. The van der Waals surface area contributed by atoms with Crippen molar-refractivity contribution in [2.75, 3.05) is 10.2 Å². The molecule has 3 rings (SSSR count). The first-order valence-corrected chi connectivity index (χ1v) is 7.70. The molecule has 0 bridgehead atoms. The van der Waals surface area contributed by atoms with Gasteiger partial charge in [-0.05, 0) is 43.7 Å². The molecule has 1 atom stereocenters. The van der Waals surface area contributed by atoms with Crippen molar-refractivity contribution in [1.82, 2.24) is 0 Å². The van der Waals surface area contributed by atoms with Crippen LogP contribution in [0.2, 0.25) is 0 Å². The maximum atomic E-state index is 12.7. The van der Waals surface area contributed by atoms with Gasteiger partial charge >= 0.3 is 0 Å². The van der Waals surface area contributed by atoms with Gasteiger partial charge in [-0.3, -0.25) is 9.59 Å². The summed E-state index contributed by atoms with van der Waals surface area (Å²) in [6.45, 7) is 3.86. The fourth-order valence-corrected chi connectivity index (χ4v) is 2.93. The number of amides is 2. The van der Waals surface area contributed by atoms with E-state index in [0.717, 1.165) is 11.1 Å². The van der Waals surface area contributed by atoms with Crippen molar-refractivity contribution in [3.63, 3.8) is 0 Å². The van der Waals surface area contributed by atoms with E-state index in [9.17, 15) is 9.59 Å². The van der Waals surface area contributed by atoms with E-state index in [1.807, 2.05) is 26.0 Å². The van der Waals surface area contributed by atoms with Gasteiger partial charge in [0.1, 0.15) is 6.04 Å². The number of nitriles is 1. The second-order valence-electron chi connectivity index (χ2n) is 5.95. The van der Waals surface area contributed by atoms with E-state index >= 15 is 0 Å². The molecule has 5 heteroatoms. The highest BCUT2D eigenvalue weighted by molar-refractivity contribution is 6.23. The molecular weight excluding hydrogens is 302 g/mol. The number of anilines is 2. The van der Waals surface area contributed by atoms with E-state index < -0.39 is 6.04 Å². The van der Waals surface area contributed by atoms with Crippen molar-refractivity contribution in [1.29, 1.82) is 5.26 Å². The molecule has 0 saturated carbocycles. The molecule has 1 aliphatic rings. The van der Waals surface area contributed by atoms with Crippen LogP contribution in [0.1, 0.15) is 23.1 Å². The number of nitrogens with zero attached hydrogens (tertiary/aromatic N) is 2. The fraction of sp³-hybridized carbons (Fsp3) is 0.211. The molecule has 1 fully saturated rings. The molecule has 0 aliphatic carbocycles. The zero-order valence-corrected chi connectivity index (χ0v) is 13.5. The Morgan fingerprint density at radius 1 is 1.17 bits per heavy atom. The van der Waals surface area contributed by atoms with E-state index in [4.69, 9.17) is 5.26 Å². The Balaban J connectivity index is 1.85. The molecular formula is C19H17N3O2. The molecule has 1 unspecified atom stereocenters. The minimum absolute atomic E-state index is 0.100. The molecule has 5 nitrogen and oxygen atoms in total. The summed E-state index contributed by atoms with van der Waals surface area (Å²) >= 11 is 0. The molecule has 1 saturated heterocycles. The number of carbonyl (C=O) groups is 2. The third-order valence-corrected chi connectivity index (χ3v) is 4.07. The normalized spacial score (nSPS) is 17.0. The fourth-order valence-electron chi connectivity index (χ4n) is 2.93. The minimum Gasteiger partial charge on any atom is -0.373 e. The van der Waals surface area contributed by atoms with Gasteiger partial charge in [0.25, 0.3) is 5.91 Å². The number of aryl methyl sites for hydroxylation is 2. The average molecular weight is 319 g/mol. The molecule has 0 radical (unpaired) electrons. The van der Waals surface area contributed by atoms with Crippen LogP contribution in [0.15, 0.2) is 42.5 Å². The quantitative estimate of drug-likeness (QED) is 0.883. The largest absolute Gasteiger partial charge is 0.373 e. The van der Waals surface area contributed by atoms with Crippen molar-refractivity contribution < 1.29 is 9.59 Å². The first-order chi connectivity index (χ1) is 11.5. The van der Waals surface area contributed by atoms with Gasteiger partial charge < -0.3 is 5.32 Å². The Labute approximate surface area is 140 Å². The van der Waals surface area contributed by atoms with Gasteiger partial charge in [-0.2, -0.15) is 5.26 Å². The number of benzene rings is 2. The number of hydrogen-bond donors (Lipinski definition) is 1. The van der Waals surface area contributed by atoms with Crippen LogP contribution in [-0.2, 0) is 9.59 Å². The Morgan fingerprint density at radius 2 is 1.96 bits per heavy atom. The van der Waals surface area contributed by atoms with E-state index in [-0.39, 0.29) is 18.2 Å². The Morgan fingerprint density at radius 3 is 2.67 bits per heavy atom. The highest BCUT2D eigenvalue weighted by Gasteiger charge is 2.40. The Bertz CT molecular complexity index is 867. The van der Waals surface area contributed by atoms with Crippen molar-refractivity contribution in [3.8, 4) is 6.07 Å². The lowest BCUT2D eigenvalue weighted by Gasteiger charge is -2.18. The second kappa shape index (κ2) is 6.17. The van der Waals surface area contributed by atoms with Crippen molar-refractivity contribution in [2.45, 2.75) is 26.3 Å². The van der Waals surface area contributed by atoms with E-state index in [0.29, 0.717) is 16.9 Å². The number of rotatable bonds is 3. The monoisotopic (exact) mass is 319 g/mol. The summed E-state index contributed by atoms with van der Waals surface area (Å²) < 4.78 is 0. The summed E-state index contributed by atoms with van der Waals surface area (Å²) in [7, 11) is 0. The summed E-state index contributed by atoms with van der Waals surface area (Å²) in [6.07, 6.45) is 0.100. The standard InChI is InChI=1S/C19H17N3O2/c1-12-6-7-17(13(2)8-12)22-18(23)10-16(19(22)24)21-15-5-3-4-14(9-15)11-20/h3-9,16,21H,10H2,1-2H3. The summed E-state index contributed by atoms with van der Waals surface area (Å²) in [5.74, 6) is -0.491. The third kappa shape index (κ3) is 2.86. The Kier molecular flexibility index (Phi) is 4.05. The van der Waals surface area contributed by atoms with Gasteiger partial charge in [0.05, 0.1) is 23.7 Å². The van der Waals surface area contributed by atoms with E-state index in [1.54, 1.807) is 30.3 Å². The van der Waals surface area contributed by atoms with Gasteiger partial charge in [-0.1, -0.05) is 23.8 Å². The summed E-state index contributed by atoms with van der Waals surface area (Å²) in [5, 5.41) is 12.0. The van der Waals surface area contributed by atoms with E-state index in [2.05, 4.69) is 11.4 Å². The molecule has 24 heavy (non-hydrogen) atoms. The maximum absolute atomic E-state index is 12.7. The zero-order valence-electron chi connectivity index (χ0n) is 13.5. The minimum atomic E-state index is -0.618. The van der Waals surface area contributed by atoms with Crippen LogP contribution in [-0.4, -0.2) is 17.9 Å². The predicted molar refractivity (Wildman–Crippen MR) is 91.6 cm³/mol. The second-order valence-corrected chi connectivity index (χ2v) is 5.95. The smallest absolute Gasteiger partial charge is 0.256 e. The van der Waals surface area contributed by atoms with Gasteiger partial charge in [0.2, 0.25) is 5.91 Å². The zero-order chi connectivity index (χ0) is 17.3. The van der Waals surface area contributed by atoms with Gasteiger partial charge in [0, 0.05) is 5.69 Å². The first kappa shape index (κ1) is 15.8. The van der Waals surface area contributed by atoms with Gasteiger partial charge in [-0.25, -0.2) is 4.90 Å². The van der Waals surface area contributed by atoms with Gasteiger partial charge in [0.15, 0.2) is 0 Å². The lowest BCUT2D eigenvalue weighted by molar-refractivity contribution is -0.121. The molecule has 2 aromatic rings. The maximum Gasteiger partial charge on any atom is 0.256 e. The van der Waals surface area contributed by atoms with Crippen LogP contribution in [0.3, 0.4) is 0 Å².